The van der Waals surface area contributed by atoms with Crippen LogP contribution in [0.4, 0.5) is 5.82 Å². The van der Waals surface area contributed by atoms with Gasteiger partial charge in [0.05, 0.1) is 29.7 Å². The maximum atomic E-state index is 11.9. The molecule has 0 radical (unpaired) electrons. The summed E-state index contributed by atoms with van der Waals surface area (Å²) in [6.45, 7) is 9.21. The van der Waals surface area contributed by atoms with E-state index in [1.54, 1.807) is 23.5 Å². The first-order valence-electron chi connectivity index (χ1n) is 12.5. The Morgan fingerprint density at radius 1 is 1.11 bits per heavy atom. The first-order chi connectivity index (χ1) is 18.2. The van der Waals surface area contributed by atoms with Gasteiger partial charge in [-0.25, -0.2) is 18.4 Å². The molecule has 0 bridgehead atoms. The third kappa shape index (κ3) is 6.05. The number of aromatic nitrogens is 2. The van der Waals surface area contributed by atoms with Gasteiger partial charge in [-0.05, 0) is 35.9 Å². The number of phenols is 1. The van der Waals surface area contributed by atoms with Crippen molar-refractivity contribution in [3.63, 3.8) is 0 Å². The van der Waals surface area contributed by atoms with Crippen LogP contribution in [0.25, 0.3) is 21.6 Å². The molecule has 2 saturated heterocycles. The number of phenolic OH excluding ortho intramolecular Hbond substituents is 1. The Morgan fingerprint density at radius 3 is 2.53 bits per heavy atom. The van der Waals surface area contributed by atoms with Gasteiger partial charge in [0.2, 0.25) is 10.0 Å². The third-order valence-electron chi connectivity index (χ3n) is 6.74. The Kier molecular flexibility index (Phi) is 7.78. The zero-order valence-corrected chi connectivity index (χ0v) is 22.9. The van der Waals surface area contributed by atoms with Crippen molar-refractivity contribution in [1.82, 2.24) is 19.2 Å². The van der Waals surface area contributed by atoms with Crippen LogP contribution in [-0.2, 0) is 32.5 Å². The summed E-state index contributed by atoms with van der Waals surface area (Å²) in [5.41, 5.74) is 2.12. The normalized spacial score (nSPS) is 17.7. The minimum Gasteiger partial charge on any atom is -0.508 e. The average molecular weight is 558 g/mol. The van der Waals surface area contributed by atoms with Crippen LogP contribution >= 0.6 is 11.3 Å². The Morgan fingerprint density at radius 2 is 1.84 bits per heavy atom. The van der Waals surface area contributed by atoms with Crippen molar-refractivity contribution in [2.75, 3.05) is 63.6 Å². The van der Waals surface area contributed by atoms with Crippen LogP contribution in [0.5, 0.6) is 5.75 Å². The molecule has 5 rings (SSSR count). The number of hydrogen-bond donors (Lipinski definition) is 1. The summed E-state index contributed by atoms with van der Waals surface area (Å²) in [4.78, 5) is 27.3. The number of nitrogens with zero attached hydrogens (tertiary/aromatic N) is 5. The predicted octanol–water partition coefficient (Wildman–Crippen LogP) is 2.28. The molecule has 0 amide bonds. The number of ketones is 1. The minimum absolute atomic E-state index is 0.0465. The lowest BCUT2D eigenvalue weighted by Crippen LogP contribution is -2.47. The van der Waals surface area contributed by atoms with Crippen LogP contribution in [0, 0.1) is 0 Å². The van der Waals surface area contributed by atoms with Gasteiger partial charge in [0.15, 0.2) is 17.4 Å². The number of piperazine rings is 1. The number of allylic oxidation sites excluding steroid dienone is 1. The molecule has 2 fully saturated rings. The van der Waals surface area contributed by atoms with Crippen molar-refractivity contribution in [3.05, 3.63) is 47.4 Å². The highest BCUT2D eigenvalue weighted by Gasteiger charge is 2.25. The van der Waals surface area contributed by atoms with Gasteiger partial charge in [0.1, 0.15) is 5.75 Å². The SMILES string of the molecule is C=CC(=O)Cc1cc(O)cc(-c2nc(N3CCOCC3)c3sc(CN4CCN(S(C)(=O)=O)CC4)cc3n2)c1. The van der Waals surface area contributed by atoms with E-state index in [4.69, 9.17) is 14.7 Å². The number of morpholine rings is 1. The Hall–Kier alpha value is -2.90. The van der Waals surface area contributed by atoms with Gasteiger partial charge in [-0.1, -0.05) is 6.58 Å². The molecule has 2 aliphatic rings. The molecule has 0 aliphatic carbocycles. The van der Waals surface area contributed by atoms with Crippen molar-refractivity contribution in [2.45, 2.75) is 13.0 Å². The lowest BCUT2D eigenvalue weighted by molar-refractivity contribution is -0.114. The van der Waals surface area contributed by atoms with Crippen molar-refractivity contribution in [2.24, 2.45) is 0 Å². The van der Waals surface area contributed by atoms with Crippen molar-refractivity contribution in [1.29, 1.82) is 0 Å². The highest BCUT2D eigenvalue weighted by Crippen LogP contribution is 2.36. The van der Waals surface area contributed by atoms with E-state index in [0.29, 0.717) is 76.0 Å². The standard InChI is InChI=1S/C26H31N5O5S2/c1-3-20(32)13-18-12-19(15-21(33)14-18)25-27-23-16-22(17-29-4-6-31(7-5-29)38(2,34)35)37-24(23)26(28-25)30-8-10-36-11-9-30/h3,12,14-16,33H,1,4-11,13,17H2,2H3. The fourth-order valence-corrected chi connectivity index (χ4v) is 6.76. The number of hydrogen-bond acceptors (Lipinski definition) is 10. The first kappa shape index (κ1) is 26.7. The quantitative estimate of drug-likeness (QED) is 0.417. The number of aromatic hydroxyl groups is 1. The molecule has 1 N–H and O–H groups in total. The van der Waals surface area contributed by atoms with Crippen molar-refractivity contribution >= 4 is 43.2 Å². The molecule has 202 valence electrons. The summed E-state index contributed by atoms with van der Waals surface area (Å²) in [7, 11) is -3.17. The topological polar surface area (TPSA) is 116 Å². The van der Waals surface area contributed by atoms with E-state index in [1.807, 2.05) is 6.07 Å². The number of anilines is 1. The largest absolute Gasteiger partial charge is 0.508 e. The maximum Gasteiger partial charge on any atom is 0.211 e. The molecule has 2 aliphatic heterocycles. The van der Waals surface area contributed by atoms with Gasteiger partial charge >= 0.3 is 0 Å². The number of rotatable bonds is 8. The second-order valence-electron chi connectivity index (χ2n) is 9.57. The molecule has 12 heteroatoms. The molecule has 0 spiro atoms. The first-order valence-corrected chi connectivity index (χ1v) is 15.2. The van der Waals surface area contributed by atoms with Crippen LogP contribution in [0.3, 0.4) is 0 Å². The second kappa shape index (κ2) is 11.1. The fourth-order valence-electron chi connectivity index (χ4n) is 4.78. The number of sulfonamides is 1. The van der Waals surface area contributed by atoms with Crippen LogP contribution in [0.2, 0.25) is 0 Å². The highest BCUT2D eigenvalue weighted by atomic mass is 32.2. The minimum atomic E-state index is -3.17. The maximum absolute atomic E-state index is 11.9. The molecular weight excluding hydrogens is 526 g/mol. The molecule has 0 unspecified atom stereocenters. The van der Waals surface area contributed by atoms with Gasteiger partial charge in [0, 0.05) is 62.7 Å². The van der Waals surface area contributed by atoms with Crippen molar-refractivity contribution < 1.29 is 23.1 Å². The molecule has 38 heavy (non-hydrogen) atoms. The highest BCUT2D eigenvalue weighted by molar-refractivity contribution is 7.88. The van der Waals surface area contributed by atoms with E-state index in [1.165, 1.54) is 16.6 Å². The van der Waals surface area contributed by atoms with Gasteiger partial charge < -0.3 is 14.7 Å². The number of ether oxygens (including phenoxy) is 1. The molecule has 10 nitrogen and oxygen atoms in total. The van der Waals surface area contributed by atoms with E-state index in [-0.39, 0.29) is 18.0 Å². The van der Waals surface area contributed by atoms with Gasteiger partial charge in [-0.15, -0.1) is 11.3 Å². The van der Waals surface area contributed by atoms with Gasteiger partial charge in [0.25, 0.3) is 0 Å². The Bertz CT molecular complexity index is 1460. The second-order valence-corrected chi connectivity index (χ2v) is 12.7. The van der Waals surface area contributed by atoms with E-state index in [0.717, 1.165) is 20.9 Å². The van der Waals surface area contributed by atoms with Crippen LogP contribution in [-0.4, -0.2) is 97.2 Å². The van der Waals surface area contributed by atoms with Crippen molar-refractivity contribution in [3.8, 4) is 17.1 Å². The number of carbonyl (C=O) groups excluding carboxylic acids is 1. The van der Waals surface area contributed by atoms with Gasteiger partial charge in [-0.3, -0.25) is 9.69 Å². The van der Waals surface area contributed by atoms with E-state index < -0.39 is 10.0 Å². The summed E-state index contributed by atoms with van der Waals surface area (Å²) >= 11 is 1.65. The summed E-state index contributed by atoms with van der Waals surface area (Å²) in [6.07, 6.45) is 2.67. The third-order valence-corrected chi connectivity index (χ3v) is 9.15. The zero-order valence-electron chi connectivity index (χ0n) is 21.3. The van der Waals surface area contributed by atoms with Crippen LogP contribution < -0.4 is 4.90 Å². The van der Waals surface area contributed by atoms with E-state index in [9.17, 15) is 18.3 Å². The van der Waals surface area contributed by atoms with E-state index >= 15 is 0 Å². The lowest BCUT2D eigenvalue weighted by Gasteiger charge is -2.32. The lowest BCUT2D eigenvalue weighted by atomic mass is 10.0. The molecule has 0 atom stereocenters. The van der Waals surface area contributed by atoms with Crippen LogP contribution in [0.1, 0.15) is 10.4 Å². The summed E-state index contributed by atoms with van der Waals surface area (Å²) in [5, 5.41) is 10.4. The number of thiophene rings is 1. The fraction of sp³-hybridized carbons (Fsp3) is 0.423. The molecule has 3 aromatic rings. The summed E-state index contributed by atoms with van der Waals surface area (Å²) < 4.78 is 31.8. The van der Waals surface area contributed by atoms with Gasteiger partial charge in [-0.2, -0.15) is 4.31 Å². The smallest absolute Gasteiger partial charge is 0.211 e. The Balaban J connectivity index is 1.48. The number of carbonyl (C=O) groups is 1. The van der Waals surface area contributed by atoms with E-state index in [2.05, 4.69) is 22.4 Å². The average Bonchev–Trinajstić information content (AvgIpc) is 3.30. The molecule has 0 saturated carbocycles. The number of fused-ring (bicyclic) bond motifs is 1. The van der Waals surface area contributed by atoms with Crippen LogP contribution in [0.15, 0.2) is 36.9 Å². The Labute approximate surface area is 226 Å². The zero-order chi connectivity index (χ0) is 26.9. The molecular formula is C26H31N5O5S2. The molecule has 2 aromatic heterocycles. The summed E-state index contributed by atoms with van der Waals surface area (Å²) in [6, 6.07) is 7.09. The molecule has 4 heterocycles. The number of benzene rings is 1. The monoisotopic (exact) mass is 557 g/mol. The predicted molar refractivity (Wildman–Crippen MR) is 148 cm³/mol. The summed E-state index contributed by atoms with van der Waals surface area (Å²) in [5.74, 6) is 1.23. The molecule has 1 aromatic carbocycles.